The number of hydrogen-bond acceptors (Lipinski definition) is 4. The Morgan fingerprint density at radius 3 is 1.47 bits per heavy atom. The molecule has 0 spiro atoms. The number of hydrogen-bond donors (Lipinski definition) is 0. The van der Waals surface area contributed by atoms with Gasteiger partial charge in [0.15, 0.2) is 0 Å². The molecule has 0 amide bonds. The van der Waals surface area contributed by atoms with Crippen molar-refractivity contribution >= 4 is 43.1 Å². The summed E-state index contributed by atoms with van der Waals surface area (Å²) < 4.78 is 2.52. The van der Waals surface area contributed by atoms with Crippen LogP contribution in [0.1, 0.15) is 0 Å². The molecule has 2 heterocycles. The minimum absolute atomic E-state index is 0. The molecule has 0 unspecified atom stereocenters. The maximum absolute atomic E-state index is 4.14. The topological polar surface area (TPSA) is 25.8 Å². The van der Waals surface area contributed by atoms with Crippen molar-refractivity contribution in [2.75, 3.05) is 0 Å². The van der Waals surface area contributed by atoms with Gasteiger partial charge in [-0.1, -0.05) is 24.3 Å². The number of para-hydroxylation sites is 2. The predicted octanol–water partition coefficient (Wildman–Crippen LogP) is 4.59. The van der Waals surface area contributed by atoms with Crippen molar-refractivity contribution in [3.63, 3.8) is 0 Å². The van der Waals surface area contributed by atoms with Crippen molar-refractivity contribution in [1.29, 1.82) is 0 Å². The third kappa shape index (κ3) is 3.39. The third-order valence-electron chi connectivity index (χ3n) is 2.47. The van der Waals surface area contributed by atoms with Crippen molar-refractivity contribution in [3.05, 3.63) is 59.6 Å². The molecule has 0 saturated carbocycles. The maximum Gasteiger partial charge on any atom is 0.0812 e. The minimum atomic E-state index is 0. The summed E-state index contributed by atoms with van der Waals surface area (Å²) in [4.78, 5) is 8.27. The molecule has 0 atom stereocenters. The number of thiazole rings is 2. The molecule has 4 aromatic rings. The van der Waals surface area contributed by atoms with E-state index < -0.39 is 0 Å². The molecule has 2 aromatic carbocycles. The van der Waals surface area contributed by atoms with E-state index >= 15 is 0 Å². The van der Waals surface area contributed by atoms with E-state index in [2.05, 4.69) is 22.1 Å². The van der Waals surface area contributed by atoms with Gasteiger partial charge in [0.05, 0.1) is 31.5 Å². The van der Waals surface area contributed by atoms with E-state index in [4.69, 9.17) is 0 Å². The second-order valence-electron chi connectivity index (χ2n) is 3.64. The van der Waals surface area contributed by atoms with Crippen LogP contribution in [0.3, 0.4) is 0 Å². The Hall–Kier alpha value is -1.26. The number of nitrogens with zero attached hydrogens (tertiary/aromatic N) is 2. The number of fused-ring (bicyclic) bond motifs is 2. The molecule has 0 fully saturated rings. The SMILES string of the molecule is [Cu].c1ccc2scnc2c1.c1ccc2scnc2c1. The first kappa shape index (κ1) is 14.2. The zero-order valence-electron chi connectivity index (χ0n) is 9.79. The second kappa shape index (κ2) is 6.78. The van der Waals surface area contributed by atoms with Crippen LogP contribution < -0.4 is 0 Å². The van der Waals surface area contributed by atoms with Crippen LogP contribution in [-0.4, -0.2) is 9.97 Å². The Balaban J connectivity index is 0.000000133. The number of rotatable bonds is 0. The first-order valence-electron chi connectivity index (χ1n) is 5.50. The monoisotopic (exact) mass is 333 g/mol. The fourth-order valence-corrected chi connectivity index (χ4v) is 2.96. The maximum atomic E-state index is 4.14. The summed E-state index contributed by atoms with van der Waals surface area (Å²) in [5.74, 6) is 0. The summed E-state index contributed by atoms with van der Waals surface area (Å²) in [5.41, 5.74) is 5.93. The molecule has 0 aliphatic rings. The molecule has 0 bridgehead atoms. The molecule has 5 heteroatoms. The Labute approximate surface area is 129 Å². The van der Waals surface area contributed by atoms with Crippen LogP contribution in [0.15, 0.2) is 59.6 Å². The molecule has 1 radical (unpaired) electrons. The molecule has 99 valence electrons. The van der Waals surface area contributed by atoms with Crippen molar-refractivity contribution in [2.24, 2.45) is 0 Å². The molecular weight excluding hydrogens is 324 g/mol. The Kier molecular flexibility index (Phi) is 5.05. The second-order valence-corrected chi connectivity index (χ2v) is 5.41. The fraction of sp³-hybridized carbons (Fsp3) is 0. The molecular formula is C14H10CuN2S2. The summed E-state index contributed by atoms with van der Waals surface area (Å²) in [6, 6.07) is 16.3. The van der Waals surface area contributed by atoms with Gasteiger partial charge < -0.3 is 0 Å². The van der Waals surface area contributed by atoms with Gasteiger partial charge in [0.1, 0.15) is 0 Å². The Morgan fingerprint density at radius 2 is 1.05 bits per heavy atom. The molecule has 0 N–H and O–H groups in total. The van der Waals surface area contributed by atoms with Crippen molar-refractivity contribution in [2.45, 2.75) is 0 Å². The van der Waals surface area contributed by atoms with E-state index in [9.17, 15) is 0 Å². The van der Waals surface area contributed by atoms with E-state index in [1.807, 2.05) is 47.4 Å². The van der Waals surface area contributed by atoms with E-state index in [1.165, 1.54) is 9.40 Å². The molecule has 2 aromatic heterocycles. The first-order valence-corrected chi connectivity index (χ1v) is 7.26. The Morgan fingerprint density at radius 1 is 0.632 bits per heavy atom. The largest absolute Gasteiger partial charge is 0.245 e. The van der Waals surface area contributed by atoms with Gasteiger partial charge >= 0.3 is 0 Å². The van der Waals surface area contributed by atoms with Gasteiger partial charge in [-0.15, -0.1) is 22.7 Å². The summed E-state index contributed by atoms with van der Waals surface area (Å²) in [6.07, 6.45) is 0. The quantitative estimate of drug-likeness (QED) is 0.440. The van der Waals surface area contributed by atoms with E-state index in [0.29, 0.717) is 0 Å². The van der Waals surface area contributed by atoms with Crippen LogP contribution in [0.4, 0.5) is 0 Å². The predicted molar refractivity (Wildman–Crippen MR) is 79.2 cm³/mol. The van der Waals surface area contributed by atoms with E-state index in [-0.39, 0.29) is 17.1 Å². The van der Waals surface area contributed by atoms with E-state index in [0.717, 1.165) is 11.0 Å². The number of benzene rings is 2. The molecule has 2 nitrogen and oxygen atoms in total. The molecule has 0 aliphatic heterocycles. The van der Waals surface area contributed by atoms with Crippen molar-refractivity contribution in [1.82, 2.24) is 9.97 Å². The van der Waals surface area contributed by atoms with E-state index in [1.54, 1.807) is 22.7 Å². The average molecular weight is 334 g/mol. The van der Waals surface area contributed by atoms with Crippen LogP contribution in [-0.2, 0) is 17.1 Å². The smallest absolute Gasteiger partial charge is 0.0812 e. The fourth-order valence-electron chi connectivity index (χ4n) is 1.61. The van der Waals surface area contributed by atoms with Gasteiger partial charge in [-0.05, 0) is 24.3 Å². The zero-order chi connectivity index (χ0) is 12.2. The standard InChI is InChI=1S/2C7H5NS.Cu/c2*1-2-4-7-6(3-1)8-5-9-7;/h2*1-5H;. The van der Waals surface area contributed by atoms with Crippen molar-refractivity contribution < 1.29 is 17.1 Å². The average Bonchev–Trinajstić information content (AvgIpc) is 3.08. The van der Waals surface area contributed by atoms with Gasteiger partial charge in [0.25, 0.3) is 0 Å². The van der Waals surface area contributed by atoms with Crippen LogP contribution >= 0.6 is 22.7 Å². The Bertz CT molecular complexity index is 637. The van der Waals surface area contributed by atoms with Gasteiger partial charge in [-0.2, -0.15) is 0 Å². The van der Waals surface area contributed by atoms with Gasteiger partial charge in [0, 0.05) is 17.1 Å². The van der Waals surface area contributed by atoms with Gasteiger partial charge in [0.2, 0.25) is 0 Å². The summed E-state index contributed by atoms with van der Waals surface area (Å²) in [5, 5.41) is 0. The molecule has 4 rings (SSSR count). The summed E-state index contributed by atoms with van der Waals surface area (Å²) in [6.45, 7) is 0. The zero-order valence-corrected chi connectivity index (χ0v) is 12.4. The molecule has 0 aliphatic carbocycles. The molecule has 19 heavy (non-hydrogen) atoms. The van der Waals surface area contributed by atoms with Gasteiger partial charge in [-0.25, -0.2) is 9.97 Å². The minimum Gasteiger partial charge on any atom is -0.245 e. The third-order valence-corrected chi connectivity index (χ3v) is 4.09. The van der Waals surface area contributed by atoms with Crippen LogP contribution in [0, 0.1) is 0 Å². The van der Waals surface area contributed by atoms with Crippen molar-refractivity contribution in [3.8, 4) is 0 Å². The molecule has 0 saturated heterocycles. The van der Waals surface area contributed by atoms with Crippen LogP contribution in [0.25, 0.3) is 20.4 Å². The normalized spacial score (nSPS) is 9.68. The summed E-state index contributed by atoms with van der Waals surface area (Å²) >= 11 is 3.35. The summed E-state index contributed by atoms with van der Waals surface area (Å²) in [7, 11) is 0. The number of aromatic nitrogens is 2. The van der Waals surface area contributed by atoms with Crippen LogP contribution in [0.2, 0.25) is 0 Å². The first-order chi connectivity index (χ1) is 8.93. The van der Waals surface area contributed by atoms with Gasteiger partial charge in [-0.3, -0.25) is 0 Å². The van der Waals surface area contributed by atoms with Crippen LogP contribution in [0.5, 0.6) is 0 Å².